The standard InChI is InChI=1S/C11H11ClN2O2/c1-2-16-9(15)7-14-6-4-8-3-5-13-11(12)10(8)14/h3-6H,2,7H2,1H3. The van der Waals surface area contributed by atoms with Crippen LogP contribution < -0.4 is 0 Å². The Morgan fingerprint density at radius 3 is 3.12 bits per heavy atom. The number of nitrogens with zero attached hydrogens (tertiary/aromatic N) is 2. The van der Waals surface area contributed by atoms with Gasteiger partial charge >= 0.3 is 5.97 Å². The minimum absolute atomic E-state index is 0.156. The lowest BCUT2D eigenvalue weighted by molar-refractivity contribution is -0.143. The molecule has 5 heteroatoms. The van der Waals surface area contributed by atoms with Crippen LogP contribution in [0.5, 0.6) is 0 Å². The summed E-state index contributed by atoms with van der Waals surface area (Å²) in [7, 11) is 0. The number of esters is 1. The molecule has 0 aliphatic heterocycles. The number of fused-ring (bicyclic) bond motifs is 1. The van der Waals surface area contributed by atoms with E-state index in [2.05, 4.69) is 4.98 Å². The fourth-order valence-corrected chi connectivity index (χ4v) is 1.86. The van der Waals surface area contributed by atoms with Crippen LogP contribution in [-0.2, 0) is 16.1 Å². The maximum Gasteiger partial charge on any atom is 0.325 e. The van der Waals surface area contributed by atoms with Crippen LogP contribution in [0.3, 0.4) is 0 Å². The molecule has 0 saturated carbocycles. The van der Waals surface area contributed by atoms with E-state index < -0.39 is 0 Å². The number of rotatable bonds is 3. The normalized spacial score (nSPS) is 10.6. The summed E-state index contributed by atoms with van der Waals surface area (Å²) in [5.41, 5.74) is 0.761. The Morgan fingerprint density at radius 2 is 2.38 bits per heavy atom. The van der Waals surface area contributed by atoms with Gasteiger partial charge in [0, 0.05) is 17.8 Å². The molecule has 0 fully saturated rings. The Bertz CT molecular complexity index is 522. The van der Waals surface area contributed by atoms with Crippen molar-refractivity contribution in [1.82, 2.24) is 9.55 Å². The van der Waals surface area contributed by atoms with E-state index in [-0.39, 0.29) is 12.5 Å². The van der Waals surface area contributed by atoms with Crippen molar-refractivity contribution in [1.29, 1.82) is 0 Å². The molecule has 0 aromatic carbocycles. The molecule has 0 amide bonds. The average Bonchev–Trinajstić information content (AvgIpc) is 2.63. The Balaban J connectivity index is 2.34. The van der Waals surface area contributed by atoms with Gasteiger partial charge in [0.25, 0.3) is 0 Å². The number of hydrogen-bond donors (Lipinski definition) is 0. The molecule has 0 spiro atoms. The quantitative estimate of drug-likeness (QED) is 0.609. The van der Waals surface area contributed by atoms with Crippen LogP contribution in [0.2, 0.25) is 5.15 Å². The van der Waals surface area contributed by atoms with Crippen LogP contribution >= 0.6 is 11.6 Å². The Labute approximate surface area is 97.8 Å². The smallest absolute Gasteiger partial charge is 0.325 e. The lowest BCUT2D eigenvalue weighted by atomic mass is 10.3. The number of halogens is 1. The van der Waals surface area contributed by atoms with E-state index in [1.165, 1.54) is 0 Å². The van der Waals surface area contributed by atoms with E-state index >= 15 is 0 Å². The van der Waals surface area contributed by atoms with E-state index in [4.69, 9.17) is 16.3 Å². The Hall–Kier alpha value is -1.55. The van der Waals surface area contributed by atoms with Crippen LogP contribution in [0.25, 0.3) is 10.9 Å². The van der Waals surface area contributed by atoms with Gasteiger partial charge in [0.15, 0.2) is 5.15 Å². The van der Waals surface area contributed by atoms with Crippen molar-refractivity contribution in [3.63, 3.8) is 0 Å². The third kappa shape index (κ3) is 2.02. The van der Waals surface area contributed by atoms with Crippen molar-refractivity contribution in [2.24, 2.45) is 0 Å². The second kappa shape index (κ2) is 4.53. The van der Waals surface area contributed by atoms with Crippen molar-refractivity contribution >= 4 is 28.5 Å². The van der Waals surface area contributed by atoms with Crippen LogP contribution in [0.4, 0.5) is 0 Å². The van der Waals surface area contributed by atoms with Crippen LogP contribution in [-0.4, -0.2) is 22.1 Å². The zero-order valence-corrected chi connectivity index (χ0v) is 9.57. The summed E-state index contributed by atoms with van der Waals surface area (Å²) in [4.78, 5) is 15.3. The maximum atomic E-state index is 11.4. The fourth-order valence-electron chi connectivity index (χ4n) is 1.58. The fraction of sp³-hybridized carbons (Fsp3) is 0.273. The Kier molecular flexibility index (Phi) is 3.10. The van der Waals surface area contributed by atoms with Gasteiger partial charge in [-0.25, -0.2) is 4.98 Å². The largest absolute Gasteiger partial charge is 0.465 e. The highest BCUT2D eigenvalue weighted by Gasteiger charge is 2.09. The van der Waals surface area contributed by atoms with Gasteiger partial charge in [0.2, 0.25) is 0 Å². The molecule has 4 nitrogen and oxygen atoms in total. The lowest BCUT2D eigenvalue weighted by Gasteiger charge is -2.05. The first-order valence-electron chi connectivity index (χ1n) is 4.97. The predicted molar refractivity (Wildman–Crippen MR) is 61.4 cm³/mol. The highest BCUT2D eigenvalue weighted by Crippen LogP contribution is 2.21. The summed E-state index contributed by atoms with van der Waals surface area (Å²) in [6.07, 6.45) is 3.44. The first-order valence-corrected chi connectivity index (χ1v) is 5.35. The summed E-state index contributed by atoms with van der Waals surface area (Å²) in [5, 5.41) is 1.36. The van der Waals surface area contributed by atoms with Crippen LogP contribution in [0.1, 0.15) is 6.92 Å². The first-order chi connectivity index (χ1) is 7.72. The zero-order chi connectivity index (χ0) is 11.5. The monoisotopic (exact) mass is 238 g/mol. The Morgan fingerprint density at radius 1 is 1.56 bits per heavy atom. The number of carbonyl (C=O) groups is 1. The number of hydrogen-bond acceptors (Lipinski definition) is 3. The van der Waals surface area contributed by atoms with Gasteiger partial charge < -0.3 is 9.30 Å². The second-order valence-electron chi connectivity index (χ2n) is 3.29. The molecule has 2 aromatic rings. The van der Waals surface area contributed by atoms with Crippen molar-refractivity contribution < 1.29 is 9.53 Å². The van der Waals surface area contributed by atoms with E-state index in [0.29, 0.717) is 11.8 Å². The number of pyridine rings is 1. The van der Waals surface area contributed by atoms with E-state index in [1.807, 2.05) is 12.1 Å². The molecule has 0 unspecified atom stereocenters. The molecule has 0 saturated heterocycles. The van der Waals surface area contributed by atoms with Crippen molar-refractivity contribution in [3.05, 3.63) is 29.7 Å². The number of ether oxygens (including phenoxy) is 1. The van der Waals surface area contributed by atoms with Crippen molar-refractivity contribution in [2.45, 2.75) is 13.5 Å². The van der Waals surface area contributed by atoms with E-state index in [9.17, 15) is 4.79 Å². The summed E-state index contributed by atoms with van der Waals surface area (Å²) in [6, 6.07) is 3.74. The number of aromatic nitrogens is 2. The summed E-state index contributed by atoms with van der Waals surface area (Å²) in [6.45, 7) is 2.31. The second-order valence-corrected chi connectivity index (χ2v) is 3.65. The third-order valence-corrected chi connectivity index (χ3v) is 2.51. The van der Waals surface area contributed by atoms with Gasteiger partial charge in [0.05, 0.1) is 12.1 Å². The molecular weight excluding hydrogens is 228 g/mol. The molecule has 0 N–H and O–H groups in total. The van der Waals surface area contributed by atoms with Crippen LogP contribution in [0, 0.1) is 0 Å². The van der Waals surface area contributed by atoms with Crippen molar-refractivity contribution in [3.8, 4) is 0 Å². The maximum absolute atomic E-state index is 11.4. The van der Waals surface area contributed by atoms with Gasteiger partial charge in [-0.3, -0.25) is 4.79 Å². The van der Waals surface area contributed by atoms with Gasteiger partial charge in [-0.1, -0.05) is 11.6 Å². The minimum Gasteiger partial charge on any atom is -0.465 e. The number of carbonyl (C=O) groups excluding carboxylic acids is 1. The molecule has 0 aliphatic carbocycles. The van der Waals surface area contributed by atoms with Gasteiger partial charge in [-0.15, -0.1) is 0 Å². The molecular formula is C11H11ClN2O2. The van der Waals surface area contributed by atoms with Gasteiger partial charge in [-0.05, 0) is 19.1 Å². The molecule has 0 aliphatic rings. The molecule has 2 rings (SSSR count). The molecule has 2 heterocycles. The van der Waals surface area contributed by atoms with Crippen molar-refractivity contribution in [2.75, 3.05) is 6.61 Å². The molecule has 0 bridgehead atoms. The van der Waals surface area contributed by atoms with Gasteiger partial charge in [-0.2, -0.15) is 0 Å². The molecule has 0 atom stereocenters. The van der Waals surface area contributed by atoms with Crippen LogP contribution in [0.15, 0.2) is 24.5 Å². The molecule has 0 radical (unpaired) electrons. The van der Waals surface area contributed by atoms with Gasteiger partial charge in [0.1, 0.15) is 6.54 Å². The van der Waals surface area contributed by atoms with E-state index in [1.54, 1.807) is 23.9 Å². The zero-order valence-electron chi connectivity index (χ0n) is 8.81. The predicted octanol–water partition coefficient (Wildman–Crippen LogP) is 2.25. The SMILES string of the molecule is CCOC(=O)Cn1ccc2ccnc(Cl)c21. The summed E-state index contributed by atoms with van der Waals surface area (Å²) >= 11 is 5.98. The molecule has 2 aromatic heterocycles. The topological polar surface area (TPSA) is 44.1 Å². The highest BCUT2D eigenvalue weighted by molar-refractivity contribution is 6.33. The summed E-state index contributed by atoms with van der Waals surface area (Å²) in [5.74, 6) is -0.278. The highest BCUT2D eigenvalue weighted by atomic mass is 35.5. The lowest BCUT2D eigenvalue weighted by Crippen LogP contribution is -2.12. The molecule has 84 valence electrons. The minimum atomic E-state index is -0.278. The average molecular weight is 239 g/mol. The first kappa shape index (κ1) is 11.0. The summed E-state index contributed by atoms with van der Waals surface area (Å²) < 4.78 is 6.62. The van der Waals surface area contributed by atoms with E-state index in [0.717, 1.165) is 10.9 Å². The third-order valence-electron chi connectivity index (χ3n) is 2.24. The molecule has 16 heavy (non-hydrogen) atoms.